The van der Waals surface area contributed by atoms with E-state index in [1.54, 1.807) is 12.1 Å². The first-order valence-corrected chi connectivity index (χ1v) is 6.06. The molecule has 0 bridgehead atoms. The van der Waals surface area contributed by atoms with Gasteiger partial charge in [-0.3, -0.25) is 9.69 Å². The molecule has 5 heteroatoms. The molecule has 0 radical (unpaired) electrons. The third kappa shape index (κ3) is 3.35. The number of hydrogen-bond donors (Lipinski definition) is 2. The number of nitrogen functional groups attached to an aromatic ring is 1. The van der Waals surface area contributed by atoms with E-state index in [4.69, 9.17) is 17.3 Å². The van der Waals surface area contributed by atoms with Gasteiger partial charge in [0.15, 0.2) is 0 Å². The molecular weight excluding hydrogens is 238 g/mol. The number of rotatable bonds is 2. The number of carbonyl (C=O) groups excluding carboxylic acids is 1. The standard InChI is InChI=1S/C12H16ClN3O/c13-10-2-3-11(14)9(6-10)7-16-5-1-4-15-12(17)8-16/h2-3,6H,1,4-5,7-8,14H2,(H,15,17). The Kier molecular flexibility index (Phi) is 3.86. The van der Waals surface area contributed by atoms with Gasteiger partial charge in [0.1, 0.15) is 0 Å². The van der Waals surface area contributed by atoms with Crippen LogP contribution in [0.5, 0.6) is 0 Å². The maximum absolute atomic E-state index is 11.4. The Hall–Kier alpha value is -1.26. The van der Waals surface area contributed by atoms with E-state index in [2.05, 4.69) is 10.2 Å². The summed E-state index contributed by atoms with van der Waals surface area (Å²) in [4.78, 5) is 13.5. The van der Waals surface area contributed by atoms with E-state index in [0.29, 0.717) is 18.1 Å². The molecule has 0 saturated carbocycles. The highest BCUT2D eigenvalue weighted by Gasteiger charge is 2.15. The van der Waals surface area contributed by atoms with Gasteiger partial charge in [0.2, 0.25) is 5.91 Å². The summed E-state index contributed by atoms with van der Waals surface area (Å²) in [6.07, 6.45) is 0.964. The van der Waals surface area contributed by atoms with Gasteiger partial charge in [-0.15, -0.1) is 0 Å². The number of carbonyl (C=O) groups is 1. The summed E-state index contributed by atoms with van der Waals surface area (Å²) in [7, 11) is 0. The molecule has 0 spiro atoms. The summed E-state index contributed by atoms with van der Waals surface area (Å²) >= 11 is 5.94. The molecule has 1 aromatic carbocycles. The molecule has 4 nitrogen and oxygen atoms in total. The van der Waals surface area contributed by atoms with E-state index in [0.717, 1.165) is 30.8 Å². The number of benzene rings is 1. The first-order valence-electron chi connectivity index (χ1n) is 5.68. The summed E-state index contributed by atoms with van der Waals surface area (Å²) < 4.78 is 0. The number of amides is 1. The molecule has 1 saturated heterocycles. The molecule has 1 aromatic rings. The Morgan fingerprint density at radius 2 is 2.29 bits per heavy atom. The molecule has 2 rings (SSSR count). The SMILES string of the molecule is Nc1ccc(Cl)cc1CN1CCCNC(=O)C1. The second-order valence-electron chi connectivity index (χ2n) is 4.26. The van der Waals surface area contributed by atoms with Crippen molar-refractivity contribution in [1.82, 2.24) is 10.2 Å². The van der Waals surface area contributed by atoms with Crippen molar-refractivity contribution in [1.29, 1.82) is 0 Å². The molecule has 1 aliphatic heterocycles. The third-order valence-electron chi connectivity index (χ3n) is 2.84. The number of nitrogens with zero attached hydrogens (tertiary/aromatic N) is 1. The Balaban J connectivity index is 2.08. The average molecular weight is 254 g/mol. The largest absolute Gasteiger partial charge is 0.398 e. The first-order chi connectivity index (χ1) is 8.15. The fourth-order valence-electron chi connectivity index (χ4n) is 1.96. The minimum atomic E-state index is 0.0723. The van der Waals surface area contributed by atoms with Gasteiger partial charge in [-0.25, -0.2) is 0 Å². The predicted octanol–water partition coefficient (Wildman–Crippen LogP) is 1.24. The van der Waals surface area contributed by atoms with Crippen LogP contribution in [0.2, 0.25) is 5.02 Å². The van der Waals surface area contributed by atoms with Crippen molar-refractivity contribution >= 4 is 23.2 Å². The van der Waals surface area contributed by atoms with E-state index < -0.39 is 0 Å². The van der Waals surface area contributed by atoms with Crippen molar-refractivity contribution in [3.05, 3.63) is 28.8 Å². The molecule has 0 atom stereocenters. The second-order valence-corrected chi connectivity index (χ2v) is 4.69. The third-order valence-corrected chi connectivity index (χ3v) is 3.07. The van der Waals surface area contributed by atoms with Gasteiger partial charge in [0.05, 0.1) is 6.54 Å². The van der Waals surface area contributed by atoms with E-state index in [1.165, 1.54) is 0 Å². The van der Waals surface area contributed by atoms with Crippen LogP contribution in [0.4, 0.5) is 5.69 Å². The molecule has 17 heavy (non-hydrogen) atoms. The number of nitrogens with one attached hydrogen (secondary N) is 1. The summed E-state index contributed by atoms with van der Waals surface area (Å²) in [6, 6.07) is 5.44. The lowest BCUT2D eigenvalue weighted by molar-refractivity contribution is -0.121. The second kappa shape index (κ2) is 5.38. The zero-order chi connectivity index (χ0) is 12.3. The number of anilines is 1. The lowest BCUT2D eigenvalue weighted by Gasteiger charge is -2.19. The van der Waals surface area contributed by atoms with Crippen LogP contribution in [0.15, 0.2) is 18.2 Å². The van der Waals surface area contributed by atoms with Gasteiger partial charge < -0.3 is 11.1 Å². The molecule has 1 fully saturated rings. The van der Waals surface area contributed by atoms with E-state index in [9.17, 15) is 4.79 Å². The van der Waals surface area contributed by atoms with Gasteiger partial charge in [0.25, 0.3) is 0 Å². The Bertz CT molecular complexity index is 422. The predicted molar refractivity (Wildman–Crippen MR) is 68.8 cm³/mol. The molecule has 1 heterocycles. The van der Waals surface area contributed by atoms with Crippen LogP contribution in [-0.4, -0.2) is 30.4 Å². The molecule has 0 unspecified atom stereocenters. The minimum Gasteiger partial charge on any atom is -0.398 e. The minimum absolute atomic E-state index is 0.0723. The van der Waals surface area contributed by atoms with Gasteiger partial charge in [-0.1, -0.05) is 11.6 Å². The van der Waals surface area contributed by atoms with E-state index in [1.807, 2.05) is 6.07 Å². The van der Waals surface area contributed by atoms with Gasteiger partial charge in [0, 0.05) is 30.3 Å². The first kappa shape index (κ1) is 12.2. The number of halogens is 1. The average Bonchev–Trinajstić information content (AvgIpc) is 2.48. The Morgan fingerprint density at radius 1 is 1.47 bits per heavy atom. The van der Waals surface area contributed by atoms with Crippen molar-refractivity contribution in [3.63, 3.8) is 0 Å². The summed E-state index contributed by atoms with van der Waals surface area (Å²) in [5.41, 5.74) is 7.59. The van der Waals surface area contributed by atoms with Crippen molar-refractivity contribution in [2.75, 3.05) is 25.4 Å². The quantitative estimate of drug-likeness (QED) is 0.780. The fourth-order valence-corrected chi connectivity index (χ4v) is 2.15. The van der Waals surface area contributed by atoms with Crippen molar-refractivity contribution in [2.24, 2.45) is 0 Å². The molecule has 0 aliphatic carbocycles. The van der Waals surface area contributed by atoms with E-state index >= 15 is 0 Å². The molecule has 1 aliphatic rings. The monoisotopic (exact) mass is 253 g/mol. The summed E-state index contributed by atoms with van der Waals surface area (Å²) in [6.45, 7) is 2.73. The summed E-state index contributed by atoms with van der Waals surface area (Å²) in [5, 5.41) is 3.52. The van der Waals surface area contributed by atoms with Gasteiger partial charge in [-0.05, 0) is 30.2 Å². The highest BCUT2D eigenvalue weighted by Crippen LogP contribution is 2.19. The Labute approximate surface area is 106 Å². The Morgan fingerprint density at radius 3 is 3.12 bits per heavy atom. The molecule has 0 aromatic heterocycles. The van der Waals surface area contributed by atoms with Crippen LogP contribution >= 0.6 is 11.6 Å². The maximum atomic E-state index is 11.4. The van der Waals surface area contributed by atoms with Crippen LogP contribution in [0.25, 0.3) is 0 Å². The van der Waals surface area contributed by atoms with Crippen molar-refractivity contribution < 1.29 is 4.79 Å². The topological polar surface area (TPSA) is 58.4 Å². The normalized spacial score (nSPS) is 17.6. The van der Waals surface area contributed by atoms with Gasteiger partial charge >= 0.3 is 0 Å². The highest BCUT2D eigenvalue weighted by molar-refractivity contribution is 6.30. The van der Waals surface area contributed by atoms with Crippen LogP contribution in [0.3, 0.4) is 0 Å². The van der Waals surface area contributed by atoms with Gasteiger partial charge in [-0.2, -0.15) is 0 Å². The molecule has 1 amide bonds. The number of hydrogen-bond acceptors (Lipinski definition) is 3. The van der Waals surface area contributed by atoms with Crippen LogP contribution in [0, 0.1) is 0 Å². The highest BCUT2D eigenvalue weighted by atomic mass is 35.5. The zero-order valence-electron chi connectivity index (χ0n) is 9.58. The van der Waals surface area contributed by atoms with Crippen LogP contribution in [0.1, 0.15) is 12.0 Å². The zero-order valence-corrected chi connectivity index (χ0v) is 10.3. The van der Waals surface area contributed by atoms with Crippen LogP contribution in [-0.2, 0) is 11.3 Å². The van der Waals surface area contributed by atoms with Crippen molar-refractivity contribution in [2.45, 2.75) is 13.0 Å². The smallest absolute Gasteiger partial charge is 0.234 e. The maximum Gasteiger partial charge on any atom is 0.234 e. The fraction of sp³-hybridized carbons (Fsp3) is 0.417. The molecular formula is C12H16ClN3O. The molecule has 3 N–H and O–H groups in total. The van der Waals surface area contributed by atoms with Crippen LogP contribution < -0.4 is 11.1 Å². The van der Waals surface area contributed by atoms with Crippen molar-refractivity contribution in [3.8, 4) is 0 Å². The lowest BCUT2D eigenvalue weighted by atomic mass is 10.1. The number of nitrogens with two attached hydrogens (primary N) is 1. The lowest BCUT2D eigenvalue weighted by Crippen LogP contribution is -2.32. The van der Waals surface area contributed by atoms with E-state index in [-0.39, 0.29) is 5.91 Å². The summed E-state index contributed by atoms with van der Waals surface area (Å²) in [5.74, 6) is 0.0723. The molecule has 92 valence electrons.